The Labute approximate surface area is 378 Å². The van der Waals surface area contributed by atoms with Gasteiger partial charge in [0.05, 0.1) is 10.6 Å². The Morgan fingerprint density at radius 1 is 0.726 bits per heavy atom. The molecule has 0 unspecified atom stereocenters. The SMILES string of the molecule is CC(C)(C)c1ccc(N=Cc2cc([N+](=O)[O-])ccc2O)cc1.Cc1cc(C)c(N2[CH-]N(c3c(C)cc(C)cc3C)CC2)c(C)c1.[Cl][Ru]=[C]1C=C(c2ccccc2)c2ccccc21. The fourth-order valence-corrected chi connectivity index (χ4v) is 9.71. The van der Waals surface area contributed by atoms with Crippen molar-refractivity contribution in [2.45, 2.75) is 67.7 Å². The van der Waals surface area contributed by atoms with Gasteiger partial charge in [-0.25, -0.2) is 0 Å². The van der Waals surface area contributed by atoms with E-state index in [4.69, 9.17) is 9.69 Å². The van der Waals surface area contributed by atoms with Crippen molar-refractivity contribution in [1.82, 2.24) is 0 Å². The van der Waals surface area contributed by atoms with E-state index < -0.39 is 4.92 Å². The number of nitro groups is 1. The molecule has 9 heteroatoms. The fourth-order valence-electron chi connectivity index (χ4n) is 8.15. The van der Waals surface area contributed by atoms with Gasteiger partial charge in [0.1, 0.15) is 5.75 Å². The van der Waals surface area contributed by atoms with Gasteiger partial charge in [-0.05, 0) is 93.0 Å². The zero-order valence-corrected chi connectivity index (χ0v) is 39.5. The summed E-state index contributed by atoms with van der Waals surface area (Å²) in [7, 11) is 6.10. The zero-order chi connectivity index (χ0) is 44.7. The van der Waals surface area contributed by atoms with Gasteiger partial charge >= 0.3 is 112 Å². The molecule has 1 saturated heterocycles. The third-order valence-electron chi connectivity index (χ3n) is 10.9. The molecule has 0 amide bonds. The number of phenols is 1. The van der Waals surface area contributed by atoms with Crippen LogP contribution in [0.5, 0.6) is 5.75 Å². The first-order valence-electron chi connectivity index (χ1n) is 20.7. The van der Waals surface area contributed by atoms with Gasteiger partial charge < -0.3 is 14.9 Å². The van der Waals surface area contributed by atoms with E-state index >= 15 is 0 Å². The van der Waals surface area contributed by atoms with Crippen LogP contribution in [0, 0.1) is 58.3 Å². The molecule has 0 bridgehead atoms. The monoisotopic (exact) mass is 932 g/mol. The van der Waals surface area contributed by atoms with Crippen LogP contribution in [-0.4, -0.2) is 33.4 Å². The van der Waals surface area contributed by atoms with Gasteiger partial charge in [0, 0.05) is 48.4 Å². The number of phenolic OH excluding ortho intramolecular Hbond substituents is 1. The van der Waals surface area contributed by atoms with Crippen molar-refractivity contribution < 1.29 is 25.7 Å². The van der Waals surface area contributed by atoms with E-state index in [0.717, 1.165) is 18.8 Å². The van der Waals surface area contributed by atoms with Crippen molar-refractivity contribution in [2.24, 2.45) is 4.99 Å². The number of benzene rings is 6. The van der Waals surface area contributed by atoms with Gasteiger partial charge in [-0.3, -0.25) is 15.1 Å². The van der Waals surface area contributed by atoms with E-state index in [1.165, 1.54) is 101 Å². The molecular formula is C53H55ClN4O3Ru-. The molecule has 1 heterocycles. The van der Waals surface area contributed by atoms with Gasteiger partial charge in [0.2, 0.25) is 0 Å². The van der Waals surface area contributed by atoms with Crippen molar-refractivity contribution in [2.75, 3.05) is 22.9 Å². The number of nitro benzene ring substituents is 1. The van der Waals surface area contributed by atoms with E-state index in [-0.39, 0.29) is 32.5 Å². The summed E-state index contributed by atoms with van der Waals surface area (Å²) in [5.41, 5.74) is 18.2. The molecule has 0 atom stereocenters. The molecule has 8 rings (SSSR count). The molecule has 1 fully saturated rings. The Hall–Kier alpha value is -5.69. The second-order valence-corrected chi connectivity index (χ2v) is 19.0. The molecule has 0 radical (unpaired) electrons. The third-order valence-corrected chi connectivity index (χ3v) is 12.8. The summed E-state index contributed by atoms with van der Waals surface area (Å²) in [6, 6.07) is 39.7. The number of fused-ring (bicyclic) bond motifs is 1. The summed E-state index contributed by atoms with van der Waals surface area (Å²) in [6.07, 6.45) is 3.67. The molecule has 62 heavy (non-hydrogen) atoms. The second-order valence-electron chi connectivity index (χ2n) is 16.9. The Kier molecular flexibility index (Phi) is 14.8. The van der Waals surface area contributed by atoms with Gasteiger partial charge in [0.25, 0.3) is 5.69 Å². The first kappa shape index (κ1) is 45.8. The quantitative estimate of drug-likeness (QED) is 0.0591. The fraction of sp³-hybridized carbons (Fsp3) is 0.226. The van der Waals surface area contributed by atoms with Crippen LogP contribution in [0.15, 0.2) is 132 Å². The van der Waals surface area contributed by atoms with E-state index in [1.54, 1.807) is 0 Å². The first-order chi connectivity index (χ1) is 29.5. The number of allylic oxidation sites excluding steroid dienone is 1. The van der Waals surface area contributed by atoms with Crippen LogP contribution in [0.4, 0.5) is 22.7 Å². The topological polar surface area (TPSA) is 82.2 Å². The number of rotatable bonds is 6. The van der Waals surface area contributed by atoms with E-state index in [1.807, 2.05) is 30.3 Å². The van der Waals surface area contributed by atoms with Crippen LogP contribution < -0.4 is 9.80 Å². The van der Waals surface area contributed by atoms with Crippen molar-refractivity contribution >= 4 is 48.3 Å². The summed E-state index contributed by atoms with van der Waals surface area (Å²) in [4.78, 5) is 19.3. The molecule has 1 aliphatic heterocycles. The van der Waals surface area contributed by atoms with Crippen molar-refractivity contribution in [1.29, 1.82) is 0 Å². The Bertz CT molecular complexity index is 2560. The molecule has 7 nitrogen and oxygen atoms in total. The third kappa shape index (κ3) is 11.0. The molecule has 1 aliphatic carbocycles. The van der Waals surface area contributed by atoms with Crippen molar-refractivity contribution in [3.8, 4) is 5.75 Å². The normalized spacial score (nSPS) is 14.1. The summed E-state index contributed by atoms with van der Waals surface area (Å²) in [5, 5.41) is 20.5. The minimum absolute atomic E-state index is 0.0411. The maximum absolute atomic E-state index is 10.7. The average molecular weight is 933 g/mol. The Balaban J connectivity index is 0.000000157. The molecule has 321 valence electrons. The van der Waals surface area contributed by atoms with Crippen LogP contribution in [0.3, 0.4) is 0 Å². The summed E-state index contributed by atoms with van der Waals surface area (Å²) in [5.74, 6) is -0.0411. The van der Waals surface area contributed by atoms with E-state index in [2.05, 4.69) is 163 Å². The number of nitrogens with zero attached hydrogens (tertiary/aromatic N) is 4. The Morgan fingerprint density at radius 3 is 1.74 bits per heavy atom. The zero-order valence-electron chi connectivity index (χ0n) is 37.0. The second kappa shape index (κ2) is 20.0. The molecule has 6 aromatic rings. The molecule has 1 N–H and O–H groups in total. The number of non-ortho nitro benzene ring substituents is 1. The maximum atomic E-state index is 10.7. The first-order valence-corrected chi connectivity index (χ1v) is 23.8. The van der Waals surface area contributed by atoms with E-state index in [9.17, 15) is 15.2 Å². The number of aliphatic imine (C=N–C) groups is 1. The number of hydrogen-bond acceptors (Lipinski definition) is 6. The number of anilines is 2. The van der Waals surface area contributed by atoms with Crippen LogP contribution >= 0.6 is 9.69 Å². The number of aryl methyl sites for hydroxylation is 6. The van der Waals surface area contributed by atoms with E-state index in [0.29, 0.717) is 5.56 Å². The van der Waals surface area contributed by atoms with Crippen molar-refractivity contribution in [3.63, 3.8) is 0 Å². The molecular weight excluding hydrogens is 877 g/mol. The number of hydrogen-bond donors (Lipinski definition) is 1. The van der Waals surface area contributed by atoms with Gasteiger partial charge in [0.15, 0.2) is 0 Å². The van der Waals surface area contributed by atoms with Crippen LogP contribution in [0.1, 0.15) is 82.0 Å². The van der Waals surface area contributed by atoms with Crippen LogP contribution in [-0.2, 0) is 21.1 Å². The number of aromatic hydroxyl groups is 1. The molecule has 6 aromatic carbocycles. The summed E-state index contributed by atoms with van der Waals surface area (Å²) >= 11 is -0.218. The molecule has 0 spiro atoms. The van der Waals surface area contributed by atoms with Gasteiger partial charge in [-0.2, -0.15) is 6.67 Å². The van der Waals surface area contributed by atoms with Crippen LogP contribution in [0.25, 0.3) is 5.57 Å². The predicted molar refractivity (Wildman–Crippen MR) is 257 cm³/mol. The standard InChI is InChI=1S/C21H27N2.C17H18N2O3.C15H10.ClH.Ru/c1-14-9-16(3)20(17(4)10-14)22-7-8-23(13-22)21-18(5)11-15(2)12-19(21)6;1-17(2,3)13-4-6-14(7-5-13)18-11-12-10-15(19(21)22)8-9-16(12)20;1-2-6-12(7-3-1)15-11-10-13-8-4-5-9-14(13)15;;/h9-13H,7-8H2,1-6H3;4-11,20H,1-3H3;1-9,11H;1H;/q-1;;;;+1/p-1. The molecule has 2 aliphatic rings. The van der Waals surface area contributed by atoms with Gasteiger partial charge in [-0.15, -0.1) is 0 Å². The van der Waals surface area contributed by atoms with Crippen LogP contribution in [0.2, 0.25) is 0 Å². The van der Waals surface area contributed by atoms with Crippen molar-refractivity contribution in [3.05, 3.63) is 205 Å². The summed E-state index contributed by atoms with van der Waals surface area (Å²) < 4.78 is 1.30. The number of halogens is 1. The Morgan fingerprint density at radius 2 is 1.24 bits per heavy atom. The van der Waals surface area contributed by atoms with Gasteiger partial charge in [-0.1, -0.05) is 68.3 Å². The molecule has 0 aromatic heterocycles. The predicted octanol–water partition coefficient (Wildman–Crippen LogP) is 13.2. The molecule has 0 saturated carbocycles. The average Bonchev–Trinajstić information content (AvgIpc) is 3.85. The minimum atomic E-state index is -0.505. The summed E-state index contributed by atoms with van der Waals surface area (Å²) in [6.45, 7) is 24.0.